The molecular weight excluding hydrogens is 310 g/mol. The van der Waals surface area contributed by atoms with Crippen molar-refractivity contribution in [1.82, 2.24) is 9.97 Å². The molecule has 19 heavy (non-hydrogen) atoms. The van der Waals surface area contributed by atoms with E-state index >= 15 is 0 Å². The Morgan fingerprint density at radius 3 is 2.68 bits per heavy atom. The number of nitrogens with one attached hydrogen (secondary N) is 1. The fourth-order valence-corrected chi connectivity index (χ4v) is 2.18. The van der Waals surface area contributed by atoms with E-state index in [4.69, 9.17) is 4.74 Å². The molecule has 0 aliphatic heterocycles. The zero-order valence-electron chi connectivity index (χ0n) is 11.7. The first-order chi connectivity index (χ1) is 8.92. The molecule has 0 aliphatic rings. The van der Waals surface area contributed by atoms with Gasteiger partial charge in [0.15, 0.2) is 12.1 Å². The van der Waals surface area contributed by atoms with Gasteiger partial charge in [0.1, 0.15) is 10.3 Å². The molecule has 6 heteroatoms. The van der Waals surface area contributed by atoms with Crippen LogP contribution in [0.5, 0.6) is 0 Å². The van der Waals surface area contributed by atoms with Crippen LogP contribution in [-0.4, -0.2) is 34.5 Å². The van der Waals surface area contributed by atoms with E-state index in [1.165, 1.54) is 0 Å². The van der Waals surface area contributed by atoms with E-state index in [1.807, 2.05) is 27.7 Å². The highest BCUT2D eigenvalue weighted by atomic mass is 79.9. The van der Waals surface area contributed by atoms with Crippen LogP contribution in [0.4, 0.5) is 5.82 Å². The highest BCUT2D eigenvalue weighted by molar-refractivity contribution is 9.10. The molecule has 106 valence electrons. The van der Waals surface area contributed by atoms with Gasteiger partial charge in [0.2, 0.25) is 0 Å². The van der Waals surface area contributed by atoms with Crippen LogP contribution in [0.2, 0.25) is 0 Å². The number of aromatic nitrogens is 2. The molecule has 0 aliphatic carbocycles. The number of carbonyl (C=O) groups excluding carboxylic acids is 1. The minimum Gasteiger partial charge on any atom is -0.376 e. The van der Waals surface area contributed by atoms with Gasteiger partial charge in [-0.1, -0.05) is 0 Å². The summed E-state index contributed by atoms with van der Waals surface area (Å²) in [6.45, 7) is 8.09. The van der Waals surface area contributed by atoms with Gasteiger partial charge in [-0.05, 0) is 50.0 Å². The maximum atomic E-state index is 10.9. The number of ether oxygens (including phenoxy) is 1. The van der Waals surface area contributed by atoms with Crippen molar-refractivity contribution in [3.05, 3.63) is 16.5 Å². The molecule has 2 unspecified atom stereocenters. The number of anilines is 1. The first-order valence-corrected chi connectivity index (χ1v) is 7.11. The lowest BCUT2D eigenvalue weighted by atomic mass is 10.1. The largest absolute Gasteiger partial charge is 0.376 e. The molecule has 0 aromatic carbocycles. The number of hydrogen-bond acceptors (Lipinski definition) is 5. The van der Waals surface area contributed by atoms with E-state index in [0.717, 1.165) is 6.42 Å². The van der Waals surface area contributed by atoms with Crippen LogP contribution in [0.15, 0.2) is 10.8 Å². The summed E-state index contributed by atoms with van der Waals surface area (Å²) in [7, 11) is 0. The molecule has 0 amide bonds. The Hall–Kier alpha value is -1.01. The van der Waals surface area contributed by atoms with Gasteiger partial charge in [0.05, 0.1) is 18.4 Å². The minimum absolute atomic E-state index is 0.142. The van der Waals surface area contributed by atoms with Gasteiger partial charge in [-0.15, -0.1) is 0 Å². The summed E-state index contributed by atoms with van der Waals surface area (Å²) >= 11 is 3.19. The van der Waals surface area contributed by atoms with Crippen LogP contribution in [0, 0.1) is 0 Å². The maximum Gasteiger partial charge on any atom is 0.172 e. The Kier molecular flexibility index (Phi) is 6.37. The van der Waals surface area contributed by atoms with Crippen molar-refractivity contribution in [2.75, 3.05) is 5.32 Å². The van der Waals surface area contributed by atoms with Crippen molar-refractivity contribution in [3.8, 4) is 0 Å². The van der Waals surface area contributed by atoms with E-state index in [2.05, 4.69) is 31.2 Å². The fraction of sp³-hybridized carbons (Fsp3) is 0.615. The molecule has 0 radical (unpaired) electrons. The normalized spacial score (nSPS) is 14.2. The Balaban J connectivity index is 2.61. The molecule has 1 N–H and O–H groups in total. The monoisotopic (exact) mass is 329 g/mol. The van der Waals surface area contributed by atoms with Gasteiger partial charge in [-0.25, -0.2) is 9.97 Å². The van der Waals surface area contributed by atoms with Crippen LogP contribution in [0.1, 0.15) is 44.6 Å². The summed E-state index contributed by atoms with van der Waals surface area (Å²) in [6.07, 6.45) is 3.44. The molecule has 0 spiro atoms. The SMILES string of the molecule is CC(CC(C)OC(C)C)Nc1ncc(Br)nc1C=O. The van der Waals surface area contributed by atoms with Crippen molar-refractivity contribution in [2.24, 2.45) is 0 Å². The van der Waals surface area contributed by atoms with E-state index in [0.29, 0.717) is 22.4 Å². The lowest BCUT2D eigenvalue weighted by molar-refractivity contribution is 0.0127. The van der Waals surface area contributed by atoms with Crippen LogP contribution < -0.4 is 5.32 Å². The Morgan fingerprint density at radius 1 is 1.42 bits per heavy atom. The van der Waals surface area contributed by atoms with Crippen molar-refractivity contribution >= 4 is 28.0 Å². The van der Waals surface area contributed by atoms with Gasteiger partial charge in [-0.3, -0.25) is 4.79 Å². The molecule has 1 heterocycles. The number of halogens is 1. The van der Waals surface area contributed by atoms with E-state index in [9.17, 15) is 4.79 Å². The maximum absolute atomic E-state index is 10.9. The number of nitrogens with zero attached hydrogens (tertiary/aromatic N) is 2. The molecule has 0 fully saturated rings. The summed E-state index contributed by atoms with van der Waals surface area (Å²) in [4.78, 5) is 19.2. The van der Waals surface area contributed by atoms with Gasteiger partial charge < -0.3 is 10.1 Å². The second kappa shape index (κ2) is 7.55. The van der Waals surface area contributed by atoms with Gasteiger partial charge in [-0.2, -0.15) is 0 Å². The average Bonchev–Trinajstić information content (AvgIpc) is 2.30. The lowest BCUT2D eigenvalue weighted by Gasteiger charge is -2.21. The molecule has 1 aromatic rings. The standard InChI is InChI=1S/C13H20BrN3O2/c1-8(2)19-10(4)5-9(3)16-13-11(7-18)17-12(14)6-15-13/h6-10H,5H2,1-4H3,(H,15,16). The summed E-state index contributed by atoms with van der Waals surface area (Å²) in [5, 5.41) is 3.19. The second-order valence-electron chi connectivity index (χ2n) is 4.82. The molecule has 0 saturated carbocycles. The zero-order chi connectivity index (χ0) is 14.4. The molecule has 0 saturated heterocycles. The van der Waals surface area contributed by atoms with Crippen LogP contribution in [-0.2, 0) is 4.74 Å². The first-order valence-electron chi connectivity index (χ1n) is 6.32. The summed E-state index contributed by atoms with van der Waals surface area (Å²) in [5.74, 6) is 0.502. The predicted molar refractivity (Wildman–Crippen MR) is 78.5 cm³/mol. The van der Waals surface area contributed by atoms with Crippen molar-refractivity contribution in [2.45, 2.75) is 52.4 Å². The summed E-state index contributed by atoms with van der Waals surface area (Å²) in [5.41, 5.74) is 0.304. The summed E-state index contributed by atoms with van der Waals surface area (Å²) < 4.78 is 6.23. The topological polar surface area (TPSA) is 64.1 Å². The van der Waals surface area contributed by atoms with Gasteiger partial charge in [0, 0.05) is 6.04 Å². The Morgan fingerprint density at radius 2 is 2.11 bits per heavy atom. The number of carbonyl (C=O) groups is 1. The molecule has 0 bridgehead atoms. The smallest absolute Gasteiger partial charge is 0.172 e. The lowest BCUT2D eigenvalue weighted by Crippen LogP contribution is -2.25. The van der Waals surface area contributed by atoms with Crippen molar-refractivity contribution < 1.29 is 9.53 Å². The molecule has 1 aromatic heterocycles. The van der Waals surface area contributed by atoms with Crippen molar-refractivity contribution in [1.29, 1.82) is 0 Å². The van der Waals surface area contributed by atoms with E-state index in [-0.39, 0.29) is 18.2 Å². The fourth-order valence-electron chi connectivity index (χ4n) is 1.88. The first kappa shape index (κ1) is 16.0. The van der Waals surface area contributed by atoms with Crippen molar-refractivity contribution in [3.63, 3.8) is 0 Å². The van der Waals surface area contributed by atoms with E-state index in [1.54, 1.807) is 6.20 Å². The van der Waals surface area contributed by atoms with E-state index < -0.39 is 0 Å². The Labute approximate surface area is 122 Å². The quantitative estimate of drug-likeness (QED) is 0.779. The highest BCUT2D eigenvalue weighted by Crippen LogP contribution is 2.15. The van der Waals surface area contributed by atoms with Crippen LogP contribution in [0.25, 0.3) is 0 Å². The Bertz CT molecular complexity index is 426. The second-order valence-corrected chi connectivity index (χ2v) is 5.63. The third kappa shape index (κ3) is 5.65. The highest BCUT2D eigenvalue weighted by Gasteiger charge is 2.13. The summed E-state index contributed by atoms with van der Waals surface area (Å²) in [6, 6.07) is 0.142. The van der Waals surface area contributed by atoms with Gasteiger partial charge in [0.25, 0.3) is 0 Å². The predicted octanol–water partition coefficient (Wildman–Crippen LogP) is 3.06. The number of hydrogen-bond donors (Lipinski definition) is 1. The molecule has 2 atom stereocenters. The zero-order valence-corrected chi connectivity index (χ0v) is 13.3. The van der Waals surface area contributed by atoms with Crippen LogP contribution in [0.3, 0.4) is 0 Å². The molecule has 5 nitrogen and oxygen atoms in total. The average molecular weight is 330 g/mol. The van der Waals surface area contributed by atoms with Gasteiger partial charge >= 0.3 is 0 Å². The molecular formula is C13H20BrN3O2. The third-order valence-electron chi connectivity index (χ3n) is 2.45. The van der Waals surface area contributed by atoms with Crippen LogP contribution >= 0.6 is 15.9 Å². The third-order valence-corrected chi connectivity index (χ3v) is 2.84. The minimum atomic E-state index is 0.142. The number of rotatable bonds is 7. The number of aldehydes is 1. The molecule has 1 rings (SSSR count).